The van der Waals surface area contributed by atoms with Gasteiger partial charge in [0.1, 0.15) is 25.9 Å². The molecule has 84 heavy (non-hydrogen) atoms. The number of nitrogens with zero attached hydrogens (tertiary/aromatic N) is 2. The zero-order valence-corrected chi connectivity index (χ0v) is 55.5. The van der Waals surface area contributed by atoms with E-state index in [0.717, 1.165) is 22.1 Å². The maximum Gasteiger partial charge on any atom is 1.00 e. The normalized spacial score (nSPS) is 17.3. The van der Waals surface area contributed by atoms with Crippen molar-refractivity contribution in [3.8, 4) is 0 Å². The predicted octanol–water partition coefficient (Wildman–Crippen LogP) is -2.31. The van der Waals surface area contributed by atoms with Crippen molar-refractivity contribution >= 4 is 65.5 Å². The second-order valence-corrected chi connectivity index (χ2v) is 26.8. The molecule has 2 fully saturated rings. The van der Waals surface area contributed by atoms with Crippen molar-refractivity contribution in [3.63, 3.8) is 0 Å². The molecule has 2 heterocycles. The first kappa shape index (κ1) is 76.5. The van der Waals surface area contributed by atoms with Crippen molar-refractivity contribution in [1.29, 1.82) is 0 Å². The molecule has 0 radical (unpaired) electrons. The van der Waals surface area contributed by atoms with Gasteiger partial charge in [-0.25, -0.2) is 31.0 Å². The van der Waals surface area contributed by atoms with Crippen LogP contribution in [0.25, 0.3) is 0 Å². The molecule has 26 nitrogen and oxygen atoms in total. The summed E-state index contributed by atoms with van der Waals surface area (Å²) >= 11 is 0. The summed E-state index contributed by atoms with van der Waals surface area (Å²) in [6, 6.07) is 27.4. The number of ether oxygens (including phenoxy) is 4. The van der Waals surface area contributed by atoms with Gasteiger partial charge in [0, 0.05) is 57.1 Å². The second-order valence-electron chi connectivity index (χ2n) is 20.0. The SMILES string of the molecule is CC(C)CN(C[C@@H](OP(=O)(O)O)[C@H](Cc1ccccc1)NC(=O)O[C@H]1CCOC1)S(=O)(=O)c1ccc(N)cc1.CC(C)CN(C[C@@H](OP(C)(=O)[O-])[C@H](Cc1ccccc1)NC(=O)O[C@H]1CCOC1)S(=O)(=O)c1ccc(N)cc1.O=CO[O-].[H-].[Na+].[Na+]. The van der Waals surface area contributed by atoms with Crippen LogP contribution in [0, 0.1) is 11.8 Å². The van der Waals surface area contributed by atoms with Crippen LogP contribution < -0.4 is 91.4 Å². The monoisotopic (exact) mass is 1280 g/mol. The number of sulfonamides is 2. The van der Waals surface area contributed by atoms with Gasteiger partial charge in [0.15, 0.2) is 0 Å². The van der Waals surface area contributed by atoms with Crippen molar-refractivity contribution in [2.75, 3.05) is 70.7 Å². The van der Waals surface area contributed by atoms with Crippen LogP contribution in [0.4, 0.5) is 21.0 Å². The molecule has 4 aromatic carbocycles. The number of amides is 2. The predicted molar refractivity (Wildman–Crippen MR) is 298 cm³/mol. The summed E-state index contributed by atoms with van der Waals surface area (Å²) in [6.45, 7) is 8.78. The average Bonchev–Trinajstić information content (AvgIpc) is 2.97. The molecule has 0 bridgehead atoms. The Morgan fingerprint density at radius 3 is 1.30 bits per heavy atom. The van der Waals surface area contributed by atoms with Crippen LogP contribution in [0.15, 0.2) is 119 Å². The van der Waals surface area contributed by atoms with Crippen LogP contribution in [0.3, 0.4) is 0 Å². The number of nitrogen functional groups attached to an aromatic ring is 2. The van der Waals surface area contributed by atoms with Crippen LogP contribution in [0.2, 0.25) is 0 Å². The standard InChI is InChI=1S/C26H38N3O8PS.C25H36N3O9PS.CH2O3.2Na.H/c1-19(2)16-29(39(33,34)23-11-9-21(27)10-12-23)17-25(37-38(3,31)32)24(15-20-7-5-4-6-8-20)28-26(30)36-22-13-14-35-18-22;1-18(2)15-28(39(33,34)22-10-8-20(26)9-11-22)16-24(37-38(30,31)32)23(14-19-6-4-3-5-7-19)27-25(29)36-21-12-13-35-17-21;2-1-4-3;;;/h4-12,19,22,24-25H,13-18,27H2,1-3H3,(H,28,30)(H,31,32);3-11,18,21,23-24H,12-17,26H2,1-2H3,(H,27,29)(H2,30,31,32);1,3H;;;/q;;;2*+1;-1/p-2/t22-,24-,25+;21-,23-,24+;;;;/m00..../s1. The van der Waals surface area contributed by atoms with Crippen LogP contribution in [-0.2, 0) is 79.7 Å². The molecule has 2 amide bonds. The molecule has 1 unspecified atom stereocenters. The third-order valence-corrected chi connectivity index (χ3v) is 16.9. The molecule has 2 aliphatic rings. The van der Waals surface area contributed by atoms with Gasteiger partial charge < -0.3 is 76.4 Å². The fourth-order valence-electron chi connectivity index (χ4n) is 8.40. The number of benzene rings is 4. The number of alkyl carbamates (subject to hydrolysis) is 2. The molecular formula is C52H75N6Na2O20P2S2-. The minimum absolute atomic E-state index is 0. The van der Waals surface area contributed by atoms with Crippen molar-refractivity contribution in [3.05, 3.63) is 120 Å². The van der Waals surface area contributed by atoms with Gasteiger partial charge in [-0.2, -0.15) is 8.61 Å². The molecule has 6 rings (SSSR count). The number of carbonyl (C=O) groups excluding carboxylic acids is 3. The Labute approximate surface area is 536 Å². The van der Waals surface area contributed by atoms with E-state index in [1.807, 2.05) is 58.0 Å². The van der Waals surface area contributed by atoms with Gasteiger partial charge in [0.2, 0.25) is 20.0 Å². The first-order valence-corrected chi connectivity index (χ1v) is 32.3. The number of nitrogens with one attached hydrogen (secondary N) is 2. The maximum atomic E-state index is 13.7. The average molecular weight is 1280 g/mol. The van der Waals surface area contributed by atoms with E-state index in [1.165, 1.54) is 52.8 Å². The van der Waals surface area contributed by atoms with Crippen molar-refractivity contribution in [1.82, 2.24) is 19.2 Å². The van der Waals surface area contributed by atoms with Crippen molar-refractivity contribution in [2.45, 2.75) is 99.7 Å². The molecule has 2 saturated heterocycles. The molecule has 0 aliphatic carbocycles. The van der Waals surface area contributed by atoms with E-state index < -0.39 is 90.7 Å². The van der Waals surface area contributed by atoms with Gasteiger partial charge in [-0.05, 0) is 84.3 Å². The van der Waals surface area contributed by atoms with E-state index in [1.54, 1.807) is 30.3 Å². The fourth-order valence-corrected chi connectivity index (χ4v) is 12.9. The quantitative estimate of drug-likeness (QED) is 0.00912. The third-order valence-electron chi connectivity index (χ3n) is 12.0. The molecule has 0 spiro atoms. The zero-order valence-electron chi connectivity index (χ0n) is 49.1. The van der Waals surface area contributed by atoms with Crippen LogP contribution in [-0.4, -0.2) is 150 Å². The molecule has 0 aromatic heterocycles. The van der Waals surface area contributed by atoms with E-state index in [4.69, 9.17) is 49.5 Å². The molecule has 4 aromatic rings. The van der Waals surface area contributed by atoms with Gasteiger partial charge >= 0.3 is 79.1 Å². The van der Waals surface area contributed by atoms with Crippen LogP contribution in [0.5, 0.6) is 0 Å². The van der Waals surface area contributed by atoms with E-state index in [9.17, 15) is 50.2 Å². The van der Waals surface area contributed by atoms with Crippen LogP contribution in [0.1, 0.15) is 53.1 Å². The number of nitrogens with two attached hydrogens (primary N) is 2. The third kappa shape index (κ3) is 28.1. The van der Waals surface area contributed by atoms with Crippen molar-refractivity contribution in [2.24, 2.45) is 11.8 Å². The van der Waals surface area contributed by atoms with Gasteiger partial charge in [-0.15, -0.1) is 0 Å². The van der Waals surface area contributed by atoms with E-state index in [2.05, 4.69) is 15.5 Å². The summed E-state index contributed by atoms with van der Waals surface area (Å²) in [7, 11) is -17.7. The largest absolute Gasteiger partial charge is 1.00 e. The number of phosphoric acid groups is 1. The maximum absolute atomic E-state index is 13.7. The number of hydrogen-bond donors (Lipinski definition) is 6. The summed E-state index contributed by atoms with van der Waals surface area (Å²) < 4.78 is 113. The Morgan fingerprint density at radius 2 is 1.01 bits per heavy atom. The number of phosphoric ester groups is 1. The number of anilines is 2. The van der Waals surface area contributed by atoms with Gasteiger partial charge in [-0.3, -0.25) is 9.32 Å². The van der Waals surface area contributed by atoms with Crippen molar-refractivity contribution < 1.29 is 154 Å². The number of hydrogen-bond acceptors (Lipinski definition) is 20. The van der Waals surface area contributed by atoms with Gasteiger partial charge in [0.25, 0.3) is 6.47 Å². The molecule has 0 saturated carbocycles. The minimum atomic E-state index is -5.12. The summed E-state index contributed by atoms with van der Waals surface area (Å²) in [5.41, 5.74) is 13.8. The topological polar surface area (TPSA) is 387 Å². The van der Waals surface area contributed by atoms with E-state index >= 15 is 0 Å². The Morgan fingerprint density at radius 1 is 0.667 bits per heavy atom. The molecule has 7 atom stereocenters. The first-order chi connectivity index (χ1) is 38.6. The van der Waals surface area contributed by atoms with E-state index in [-0.39, 0.29) is 134 Å². The van der Waals surface area contributed by atoms with Gasteiger partial charge in [-0.1, -0.05) is 88.4 Å². The number of rotatable bonds is 27. The second kappa shape index (κ2) is 37.3. The Balaban J connectivity index is 0.000000773. The Kier molecular flexibility index (Phi) is 34.0. The molecule has 458 valence electrons. The molecule has 32 heteroatoms. The Hall–Kier alpha value is -3.55. The molecule has 8 N–H and O–H groups in total. The smallest absolute Gasteiger partial charge is 1.00 e. The van der Waals surface area contributed by atoms with Gasteiger partial charge in [0.05, 0.1) is 54.4 Å². The fraction of sp³-hybridized carbons (Fsp3) is 0.481. The summed E-state index contributed by atoms with van der Waals surface area (Å²) in [5.74, 6) is -0.236. The summed E-state index contributed by atoms with van der Waals surface area (Å²) in [6.07, 6.45) is -3.89. The minimum Gasteiger partial charge on any atom is -1.00 e. The molecule has 2 aliphatic heterocycles. The molecular weight excluding hydrogens is 1200 g/mol. The summed E-state index contributed by atoms with van der Waals surface area (Å²) in [4.78, 5) is 68.8. The first-order valence-electron chi connectivity index (χ1n) is 25.9. The van der Waals surface area contributed by atoms with Crippen LogP contribution >= 0.6 is 15.4 Å². The Bertz CT molecular complexity index is 2720. The number of carbonyl (C=O) groups is 3. The summed E-state index contributed by atoms with van der Waals surface area (Å²) in [5, 5.41) is 13.8. The van der Waals surface area contributed by atoms with E-state index in [0.29, 0.717) is 37.4 Å². The zero-order chi connectivity index (χ0) is 60.7.